The monoisotopic (exact) mass is 240 g/mol. The van der Waals surface area contributed by atoms with Crippen molar-refractivity contribution in [1.29, 1.82) is 0 Å². The molecular formula is C14H28N2O. The third-order valence-corrected chi connectivity index (χ3v) is 3.69. The van der Waals surface area contributed by atoms with Crippen LogP contribution in [0.3, 0.4) is 0 Å². The normalized spacial score (nSPS) is 17.9. The molecule has 0 atom stereocenters. The van der Waals surface area contributed by atoms with E-state index in [4.69, 9.17) is 5.73 Å². The Hall–Kier alpha value is -0.570. The first-order valence-corrected chi connectivity index (χ1v) is 7.12. The molecule has 1 rings (SSSR count). The number of carbonyl (C=O) groups excluding carboxylic acids is 1. The Labute approximate surface area is 106 Å². The van der Waals surface area contributed by atoms with Crippen LogP contribution in [0.15, 0.2) is 0 Å². The first-order valence-electron chi connectivity index (χ1n) is 7.12. The van der Waals surface area contributed by atoms with Crippen LogP contribution in [0.25, 0.3) is 0 Å². The van der Waals surface area contributed by atoms with E-state index in [0.29, 0.717) is 0 Å². The maximum Gasteiger partial charge on any atom is 0.240 e. The molecule has 100 valence electrons. The molecule has 0 aromatic heterocycles. The van der Waals surface area contributed by atoms with Crippen LogP contribution in [0.4, 0.5) is 0 Å². The number of hydrogen-bond acceptors (Lipinski definition) is 2. The van der Waals surface area contributed by atoms with Gasteiger partial charge in [0, 0.05) is 6.54 Å². The van der Waals surface area contributed by atoms with Gasteiger partial charge in [0.25, 0.3) is 0 Å². The highest BCUT2D eigenvalue weighted by Crippen LogP contribution is 2.28. The Balaban J connectivity index is 1.92. The SMILES string of the molecule is CC(C)CCCCCCNC(=O)C1(N)CCC1. The third-order valence-electron chi connectivity index (χ3n) is 3.69. The molecule has 1 fully saturated rings. The average molecular weight is 240 g/mol. The predicted molar refractivity (Wildman–Crippen MR) is 71.7 cm³/mol. The van der Waals surface area contributed by atoms with E-state index in [-0.39, 0.29) is 5.91 Å². The summed E-state index contributed by atoms with van der Waals surface area (Å²) in [6, 6.07) is 0. The molecule has 3 nitrogen and oxygen atoms in total. The lowest BCUT2D eigenvalue weighted by Gasteiger charge is -2.36. The molecule has 0 bridgehead atoms. The Bertz CT molecular complexity index is 234. The van der Waals surface area contributed by atoms with Crippen molar-refractivity contribution in [3.63, 3.8) is 0 Å². The maximum absolute atomic E-state index is 11.7. The molecule has 0 aromatic rings. The average Bonchev–Trinajstić information content (AvgIpc) is 2.23. The first-order chi connectivity index (χ1) is 8.04. The van der Waals surface area contributed by atoms with E-state index in [1.165, 1.54) is 25.7 Å². The summed E-state index contributed by atoms with van der Waals surface area (Å²) in [5.74, 6) is 0.872. The largest absolute Gasteiger partial charge is 0.355 e. The topological polar surface area (TPSA) is 55.1 Å². The summed E-state index contributed by atoms with van der Waals surface area (Å²) in [5, 5.41) is 2.96. The highest BCUT2D eigenvalue weighted by atomic mass is 16.2. The van der Waals surface area contributed by atoms with Gasteiger partial charge >= 0.3 is 0 Å². The fourth-order valence-electron chi connectivity index (χ4n) is 2.19. The summed E-state index contributed by atoms with van der Waals surface area (Å²) in [7, 11) is 0. The van der Waals surface area contributed by atoms with Gasteiger partial charge in [0.1, 0.15) is 0 Å². The van der Waals surface area contributed by atoms with E-state index in [0.717, 1.165) is 38.1 Å². The van der Waals surface area contributed by atoms with Crippen molar-refractivity contribution >= 4 is 5.91 Å². The van der Waals surface area contributed by atoms with Crippen molar-refractivity contribution in [3.8, 4) is 0 Å². The number of hydrogen-bond donors (Lipinski definition) is 2. The molecule has 3 heteroatoms. The molecule has 0 spiro atoms. The predicted octanol–water partition coefficient (Wildman–Crippen LogP) is 2.59. The number of carbonyl (C=O) groups is 1. The standard InChI is InChI=1S/C14H28N2O/c1-12(2)8-5-3-4-6-11-16-13(17)14(15)9-7-10-14/h12H,3-11,15H2,1-2H3,(H,16,17). The number of amides is 1. The maximum atomic E-state index is 11.7. The van der Waals surface area contributed by atoms with Crippen LogP contribution in [0, 0.1) is 5.92 Å². The second kappa shape index (κ2) is 7.00. The molecule has 3 N–H and O–H groups in total. The number of rotatable bonds is 8. The van der Waals surface area contributed by atoms with Crippen molar-refractivity contribution in [2.75, 3.05) is 6.54 Å². The minimum Gasteiger partial charge on any atom is -0.355 e. The lowest BCUT2D eigenvalue weighted by Crippen LogP contribution is -2.58. The van der Waals surface area contributed by atoms with Crippen LogP contribution < -0.4 is 11.1 Å². The molecule has 0 aromatic carbocycles. The van der Waals surface area contributed by atoms with Crippen LogP contribution in [-0.2, 0) is 4.79 Å². The summed E-state index contributed by atoms with van der Waals surface area (Å²) in [5.41, 5.74) is 5.40. The number of unbranched alkanes of at least 4 members (excludes halogenated alkanes) is 3. The molecule has 17 heavy (non-hydrogen) atoms. The quantitative estimate of drug-likeness (QED) is 0.641. The molecule has 0 heterocycles. The Morgan fingerprint density at radius 1 is 1.24 bits per heavy atom. The van der Waals surface area contributed by atoms with Gasteiger partial charge in [-0.25, -0.2) is 0 Å². The van der Waals surface area contributed by atoms with Crippen molar-refractivity contribution < 1.29 is 4.79 Å². The molecule has 1 aliphatic rings. The fourth-order valence-corrected chi connectivity index (χ4v) is 2.19. The van der Waals surface area contributed by atoms with Crippen LogP contribution in [0.1, 0.15) is 65.2 Å². The van der Waals surface area contributed by atoms with Crippen molar-refractivity contribution in [3.05, 3.63) is 0 Å². The van der Waals surface area contributed by atoms with Gasteiger partial charge in [-0.15, -0.1) is 0 Å². The summed E-state index contributed by atoms with van der Waals surface area (Å²) >= 11 is 0. The Morgan fingerprint density at radius 2 is 1.88 bits per heavy atom. The van der Waals surface area contributed by atoms with Gasteiger partial charge < -0.3 is 11.1 Å². The summed E-state index contributed by atoms with van der Waals surface area (Å²) in [6.45, 7) is 5.32. The fraction of sp³-hybridized carbons (Fsp3) is 0.929. The smallest absolute Gasteiger partial charge is 0.240 e. The molecule has 0 saturated heterocycles. The molecule has 0 radical (unpaired) electrons. The van der Waals surface area contributed by atoms with E-state index < -0.39 is 5.54 Å². The number of nitrogens with two attached hydrogens (primary N) is 1. The zero-order valence-electron chi connectivity index (χ0n) is 11.4. The van der Waals surface area contributed by atoms with Gasteiger partial charge in [0.15, 0.2) is 0 Å². The molecule has 1 aliphatic carbocycles. The molecule has 0 unspecified atom stereocenters. The minimum absolute atomic E-state index is 0.0610. The summed E-state index contributed by atoms with van der Waals surface area (Å²) in [4.78, 5) is 11.7. The van der Waals surface area contributed by atoms with Crippen LogP contribution >= 0.6 is 0 Å². The second-order valence-electron chi connectivity index (χ2n) is 5.86. The molecule has 1 amide bonds. The van der Waals surface area contributed by atoms with Gasteiger partial charge in [-0.1, -0.05) is 39.5 Å². The van der Waals surface area contributed by atoms with E-state index in [1.807, 2.05) is 0 Å². The zero-order valence-corrected chi connectivity index (χ0v) is 11.4. The Morgan fingerprint density at radius 3 is 2.41 bits per heavy atom. The Kier molecular flexibility index (Phi) is 5.96. The van der Waals surface area contributed by atoms with Gasteiger partial charge in [-0.2, -0.15) is 0 Å². The van der Waals surface area contributed by atoms with Crippen LogP contribution in [0.5, 0.6) is 0 Å². The number of nitrogens with one attached hydrogen (secondary N) is 1. The third kappa shape index (κ3) is 5.07. The second-order valence-corrected chi connectivity index (χ2v) is 5.86. The lowest BCUT2D eigenvalue weighted by atomic mass is 9.77. The van der Waals surface area contributed by atoms with E-state index >= 15 is 0 Å². The van der Waals surface area contributed by atoms with Crippen molar-refractivity contribution in [2.45, 2.75) is 70.8 Å². The highest BCUT2D eigenvalue weighted by Gasteiger charge is 2.39. The van der Waals surface area contributed by atoms with Crippen molar-refractivity contribution in [1.82, 2.24) is 5.32 Å². The van der Waals surface area contributed by atoms with E-state index in [2.05, 4.69) is 19.2 Å². The molecular weight excluding hydrogens is 212 g/mol. The minimum atomic E-state index is -0.530. The zero-order chi connectivity index (χ0) is 12.7. The summed E-state index contributed by atoms with van der Waals surface area (Å²) < 4.78 is 0. The van der Waals surface area contributed by atoms with Crippen LogP contribution in [-0.4, -0.2) is 18.0 Å². The first kappa shape index (κ1) is 14.5. The van der Waals surface area contributed by atoms with Gasteiger partial charge in [-0.05, 0) is 31.6 Å². The highest BCUT2D eigenvalue weighted by molar-refractivity contribution is 5.86. The lowest BCUT2D eigenvalue weighted by molar-refractivity contribution is -0.129. The van der Waals surface area contributed by atoms with Gasteiger partial charge in [0.2, 0.25) is 5.91 Å². The van der Waals surface area contributed by atoms with Crippen LogP contribution in [0.2, 0.25) is 0 Å². The summed E-state index contributed by atoms with van der Waals surface area (Å²) in [6.07, 6.45) is 9.01. The van der Waals surface area contributed by atoms with Gasteiger partial charge in [-0.3, -0.25) is 4.79 Å². The van der Waals surface area contributed by atoms with Gasteiger partial charge in [0.05, 0.1) is 5.54 Å². The molecule has 0 aliphatic heterocycles. The van der Waals surface area contributed by atoms with E-state index in [9.17, 15) is 4.79 Å². The molecule has 1 saturated carbocycles. The van der Waals surface area contributed by atoms with E-state index in [1.54, 1.807) is 0 Å². The van der Waals surface area contributed by atoms with Crippen molar-refractivity contribution in [2.24, 2.45) is 11.7 Å².